The van der Waals surface area contributed by atoms with Crippen LogP contribution in [0.3, 0.4) is 0 Å². The second-order valence-corrected chi connectivity index (χ2v) is 5.95. The van der Waals surface area contributed by atoms with Gasteiger partial charge in [-0.25, -0.2) is 4.39 Å². The molecule has 1 aromatic rings. The van der Waals surface area contributed by atoms with Crippen LogP contribution in [0.5, 0.6) is 0 Å². The van der Waals surface area contributed by atoms with Gasteiger partial charge in [0.2, 0.25) is 0 Å². The van der Waals surface area contributed by atoms with Crippen LogP contribution in [0, 0.1) is 17.7 Å². The van der Waals surface area contributed by atoms with E-state index in [1.54, 1.807) is 12.1 Å². The van der Waals surface area contributed by atoms with E-state index >= 15 is 0 Å². The standard InChI is InChI=1S/C16H24FN/c1-11-7-8-16(12(2)9-11)18-13(3)14-5-4-6-15(17)10-14/h4-6,10-13,16,18H,7-9H2,1-3H3/t11?,12?,13-,16?/m1/s1. The average Bonchev–Trinajstić information content (AvgIpc) is 2.32. The second-order valence-electron chi connectivity index (χ2n) is 5.95. The molecule has 100 valence electrons. The highest BCUT2D eigenvalue weighted by Gasteiger charge is 2.26. The molecule has 1 saturated carbocycles. The molecule has 1 aromatic carbocycles. The summed E-state index contributed by atoms with van der Waals surface area (Å²) < 4.78 is 13.2. The lowest BCUT2D eigenvalue weighted by molar-refractivity contribution is 0.216. The van der Waals surface area contributed by atoms with Gasteiger partial charge in [0.1, 0.15) is 5.82 Å². The summed E-state index contributed by atoms with van der Waals surface area (Å²) in [5, 5.41) is 3.67. The number of benzene rings is 1. The maximum absolute atomic E-state index is 13.2. The van der Waals surface area contributed by atoms with Crippen molar-refractivity contribution < 1.29 is 4.39 Å². The molecule has 18 heavy (non-hydrogen) atoms. The number of halogens is 1. The Morgan fingerprint density at radius 3 is 2.72 bits per heavy atom. The van der Waals surface area contributed by atoms with Crippen molar-refractivity contribution >= 4 is 0 Å². The monoisotopic (exact) mass is 249 g/mol. The first kappa shape index (κ1) is 13.5. The van der Waals surface area contributed by atoms with Gasteiger partial charge in [-0.15, -0.1) is 0 Å². The molecule has 0 aliphatic heterocycles. The molecule has 3 unspecified atom stereocenters. The number of nitrogens with one attached hydrogen (secondary N) is 1. The molecule has 2 heteroatoms. The van der Waals surface area contributed by atoms with E-state index in [1.165, 1.54) is 25.3 Å². The van der Waals surface area contributed by atoms with E-state index in [9.17, 15) is 4.39 Å². The van der Waals surface area contributed by atoms with E-state index in [1.807, 2.05) is 6.07 Å². The lowest BCUT2D eigenvalue weighted by Crippen LogP contribution is -2.40. The number of hydrogen-bond acceptors (Lipinski definition) is 1. The van der Waals surface area contributed by atoms with Crippen molar-refractivity contribution in [3.63, 3.8) is 0 Å². The van der Waals surface area contributed by atoms with Crippen LogP contribution < -0.4 is 5.32 Å². The predicted octanol–water partition coefficient (Wildman–Crippen LogP) is 4.30. The van der Waals surface area contributed by atoms with Crippen molar-refractivity contribution in [2.24, 2.45) is 11.8 Å². The van der Waals surface area contributed by atoms with Crippen LogP contribution in [-0.4, -0.2) is 6.04 Å². The Bertz CT molecular complexity index is 390. The highest BCUT2D eigenvalue weighted by molar-refractivity contribution is 5.19. The van der Waals surface area contributed by atoms with E-state index in [4.69, 9.17) is 0 Å². The first-order chi connectivity index (χ1) is 8.56. The van der Waals surface area contributed by atoms with Crippen molar-refractivity contribution in [2.75, 3.05) is 0 Å². The smallest absolute Gasteiger partial charge is 0.123 e. The van der Waals surface area contributed by atoms with E-state index < -0.39 is 0 Å². The van der Waals surface area contributed by atoms with Crippen LogP contribution in [0.4, 0.5) is 4.39 Å². The molecular formula is C16H24FN. The van der Waals surface area contributed by atoms with Gasteiger partial charge in [0, 0.05) is 12.1 Å². The van der Waals surface area contributed by atoms with Crippen molar-refractivity contribution in [2.45, 2.75) is 52.1 Å². The lowest BCUT2D eigenvalue weighted by atomic mass is 9.79. The van der Waals surface area contributed by atoms with Crippen LogP contribution in [0.1, 0.15) is 51.6 Å². The first-order valence-corrected chi connectivity index (χ1v) is 7.07. The molecule has 4 atom stereocenters. The van der Waals surface area contributed by atoms with Gasteiger partial charge in [0.05, 0.1) is 0 Å². The molecule has 2 rings (SSSR count). The highest BCUT2D eigenvalue weighted by atomic mass is 19.1. The normalized spacial score (nSPS) is 30.1. The van der Waals surface area contributed by atoms with Gasteiger partial charge in [-0.3, -0.25) is 0 Å². The Balaban J connectivity index is 1.97. The zero-order valence-corrected chi connectivity index (χ0v) is 11.6. The zero-order chi connectivity index (χ0) is 13.1. The largest absolute Gasteiger partial charge is 0.307 e. The molecule has 0 saturated heterocycles. The predicted molar refractivity (Wildman–Crippen MR) is 73.9 cm³/mol. The lowest BCUT2D eigenvalue weighted by Gasteiger charge is -2.35. The fourth-order valence-corrected chi connectivity index (χ4v) is 3.11. The van der Waals surface area contributed by atoms with E-state index in [-0.39, 0.29) is 11.9 Å². The summed E-state index contributed by atoms with van der Waals surface area (Å²) >= 11 is 0. The second kappa shape index (κ2) is 5.83. The Morgan fingerprint density at radius 2 is 2.06 bits per heavy atom. The quantitative estimate of drug-likeness (QED) is 0.842. The van der Waals surface area contributed by atoms with Crippen molar-refractivity contribution in [3.8, 4) is 0 Å². The minimum absolute atomic E-state index is 0.147. The van der Waals surface area contributed by atoms with Crippen LogP contribution in [0.15, 0.2) is 24.3 Å². The van der Waals surface area contributed by atoms with Gasteiger partial charge in [0.15, 0.2) is 0 Å². The third-order valence-electron chi connectivity index (χ3n) is 4.24. The third-order valence-corrected chi connectivity index (χ3v) is 4.24. The fourth-order valence-electron chi connectivity index (χ4n) is 3.11. The van der Waals surface area contributed by atoms with Crippen molar-refractivity contribution in [1.82, 2.24) is 5.32 Å². The maximum Gasteiger partial charge on any atom is 0.123 e. The summed E-state index contributed by atoms with van der Waals surface area (Å²) in [5.41, 5.74) is 1.04. The Hall–Kier alpha value is -0.890. The van der Waals surface area contributed by atoms with Crippen LogP contribution in [-0.2, 0) is 0 Å². The number of rotatable bonds is 3. The van der Waals surface area contributed by atoms with Crippen molar-refractivity contribution in [1.29, 1.82) is 0 Å². The summed E-state index contributed by atoms with van der Waals surface area (Å²) in [7, 11) is 0. The van der Waals surface area contributed by atoms with Gasteiger partial charge in [-0.2, -0.15) is 0 Å². The SMILES string of the molecule is CC1CCC(N[C@H](C)c2cccc(F)c2)C(C)C1. The molecule has 1 aliphatic rings. The van der Waals surface area contributed by atoms with E-state index in [2.05, 4.69) is 26.1 Å². The van der Waals surface area contributed by atoms with Gasteiger partial charge >= 0.3 is 0 Å². The summed E-state index contributed by atoms with van der Waals surface area (Å²) in [6.45, 7) is 6.79. The minimum Gasteiger partial charge on any atom is -0.307 e. The van der Waals surface area contributed by atoms with Crippen molar-refractivity contribution in [3.05, 3.63) is 35.6 Å². The average molecular weight is 249 g/mol. The minimum atomic E-state index is -0.147. The Kier molecular flexibility index (Phi) is 4.39. The Labute approximate surface area is 110 Å². The summed E-state index contributed by atoms with van der Waals surface area (Å²) in [4.78, 5) is 0. The fraction of sp³-hybridized carbons (Fsp3) is 0.625. The van der Waals surface area contributed by atoms with Gasteiger partial charge < -0.3 is 5.32 Å². The zero-order valence-electron chi connectivity index (χ0n) is 11.6. The molecule has 0 spiro atoms. The van der Waals surface area contributed by atoms with Crippen LogP contribution in [0.2, 0.25) is 0 Å². The van der Waals surface area contributed by atoms with E-state index in [0.717, 1.165) is 11.5 Å². The molecule has 0 heterocycles. The van der Waals surface area contributed by atoms with Gasteiger partial charge in [0.25, 0.3) is 0 Å². The maximum atomic E-state index is 13.2. The third kappa shape index (κ3) is 3.32. The summed E-state index contributed by atoms with van der Waals surface area (Å²) in [6, 6.07) is 7.71. The molecule has 0 aromatic heterocycles. The molecule has 0 radical (unpaired) electrons. The first-order valence-electron chi connectivity index (χ1n) is 7.07. The molecule has 1 N–H and O–H groups in total. The highest BCUT2D eigenvalue weighted by Crippen LogP contribution is 2.30. The molecule has 1 fully saturated rings. The Morgan fingerprint density at radius 1 is 1.28 bits per heavy atom. The molecule has 1 nitrogen and oxygen atoms in total. The molecular weight excluding hydrogens is 225 g/mol. The molecule has 1 aliphatic carbocycles. The summed E-state index contributed by atoms with van der Waals surface area (Å²) in [5.74, 6) is 1.42. The number of hydrogen-bond donors (Lipinski definition) is 1. The van der Waals surface area contributed by atoms with Crippen LogP contribution >= 0.6 is 0 Å². The molecule has 0 bridgehead atoms. The van der Waals surface area contributed by atoms with Gasteiger partial charge in [-0.05, 0) is 55.7 Å². The molecule has 0 amide bonds. The summed E-state index contributed by atoms with van der Waals surface area (Å²) in [6.07, 6.45) is 3.84. The van der Waals surface area contributed by atoms with E-state index in [0.29, 0.717) is 12.0 Å². The van der Waals surface area contributed by atoms with Gasteiger partial charge in [-0.1, -0.05) is 26.0 Å². The topological polar surface area (TPSA) is 12.0 Å². The van der Waals surface area contributed by atoms with Crippen LogP contribution in [0.25, 0.3) is 0 Å².